The first-order valence-electron chi connectivity index (χ1n) is 8.63. The minimum absolute atomic E-state index is 0.0556. The van der Waals surface area contributed by atoms with Crippen molar-refractivity contribution in [3.8, 4) is 0 Å². The highest BCUT2D eigenvalue weighted by atomic mass is 16.5. The van der Waals surface area contributed by atoms with Gasteiger partial charge in [-0.3, -0.25) is 19.4 Å². The number of ether oxygens (including phenoxy) is 1. The molecule has 0 spiro atoms. The highest BCUT2D eigenvalue weighted by Gasteiger charge is 2.43. The second-order valence-electron chi connectivity index (χ2n) is 6.88. The monoisotopic (exact) mass is 324 g/mol. The molecule has 2 amide bonds. The van der Waals surface area contributed by atoms with Crippen molar-refractivity contribution in [1.82, 2.24) is 20.0 Å². The molecule has 0 saturated carbocycles. The Hall–Kier alpha value is -1.18. The van der Waals surface area contributed by atoms with Gasteiger partial charge in [-0.2, -0.15) is 0 Å². The summed E-state index contributed by atoms with van der Waals surface area (Å²) in [5, 5.41) is 3.06. The zero-order valence-corrected chi connectivity index (χ0v) is 14.2. The van der Waals surface area contributed by atoms with E-state index in [2.05, 4.69) is 22.2 Å². The van der Waals surface area contributed by atoms with E-state index < -0.39 is 0 Å². The quantitative estimate of drug-likeness (QED) is 0.731. The fourth-order valence-electron chi connectivity index (χ4n) is 4.03. The Morgan fingerprint density at radius 3 is 2.74 bits per heavy atom. The van der Waals surface area contributed by atoms with Crippen molar-refractivity contribution < 1.29 is 14.3 Å². The van der Waals surface area contributed by atoms with Crippen LogP contribution < -0.4 is 5.32 Å². The van der Waals surface area contributed by atoms with Crippen LogP contribution in [0.1, 0.15) is 19.3 Å². The van der Waals surface area contributed by atoms with Gasteiger partial charge >= 0.3 is 0 Å². The summed E-state index contributed by atoms with van der Waals surface area (Å²) in [6.45, 7) is 4.26. The van der Waals surface area contributed by atoms with E-state index in [4.69, 9.17) is 4.74 Å². The first-order chi connectivity index (χ1) is 11.1. The van der Waals surface area contributed by atoms with Crippen molar-refractivity contribution in [3.05, 3.63) is 0 Å². The third-order valence-electron chi connectivity index (χ3n) is 5.55. The van der Waals surface area contributed by atoms with Crippen molar-refractivity contribution in [2.75, 3.05) is 53.5 Å². The maximum atomic E-state index is 12.3. The Morgan fingerprint density at radius 1 is 1.26 bits per heavy atom. The number of fused-ring (bicyclic) bond motifs is 1. The van der Waals surface area contributed by atoms with Gasteiger partial charge in [-0.15, -0.1) is 0 Å². The fraction of sp³-hybridized carbons (Fsp3) is 0.875. The topological polar surface area (TPSA) is 65.1 Å². The van der Waals surface area contributed by atoms with Gasteiger partial charge in [0.1, 0.15) is 6.04 Å². The van der Waals surface area contributed by atoms with Gasteiger partial charge < -0.3 is 15.0 Å². The Bertz CT molecular complexity index is 453. The predicted octanol–water partition coefficient (Wildman–Crippen LogP) is -0.872. The lowest BCUT2D eigenvalue weighted by Gasteiger charge is -2.33. The highest BCUT2D eigenvalue weighted by molar-refractivity contribution is 5.83. The molecule has 7 heteroatoms. The average molecular weight is 324 g/mol. The largest absolute Gasteiger partial charge is 0.378 e. The lowest BCUT2D eigenvalue weighted by molar-refractivity contribution is -0.135. The van der Waals surface area contributed by atoms with Crippen LogP contribution in [0.15, 0.2) is 0 Å². The first kappa shape index (κ1) is 16.7. The number of carbonyl (C=O) groups is 2. The summed E-state index contributed by atoms with van der Waals surface area (Å²) < 4.78 is 5.29. The molecule has 1 N–H and O–H groups in total. The van der Waals surface area contributed by atoms with E-state index in [0.29, 0.717) is 39.3 Å². The second-order valence-corrected chi connectivity index (χ2v) is 6.88. The molecule has 0 aromatic rings. The zero-order valence-electron chi connectivity index (χ0n) is 14.2. The summed E-state index contributed by atoms with van der Waals surface area (Å²) in [6.07, 6.45) is 2.34. The van der Waals surface area contributed by atoms with E-state index in [0.717, 1.165) is 19.4 Å². The lowest BCUT2D eigenvalue weighted by atomic mass is 10.0. The number of nitrogens with zero attached hydrogens (tertiary/aromatic N) is 3. The summed E-state index contributed by atoms with van der Waals surface area (Å²) >= 11 is 0. The Labute approximate surface area is 137 Å². The van der Waals surface area contributed by atoms with E-state index in [9.17, 15) is 9.59 Å². The molecule has 23 heavy (non-hydrogen) atoms. The summed E-state index contributed by atoms with van der Waals surface area (Å²) in [4.78, 5) is 31.0. The van der Waals surface area contributed by atoms with Crippen molar-refractivity contribution in [2.45, 2.75) is 37.4 Å². The molecule has 0 aromatic heterocycles. The van der Waals surface area contributed by atoms with Crippen LogP contribution in [0.5, 0.6) is 0 Å². The maximum Gasteiger partial charge on any atom is 0.239 e. The molecule has 0 radical (unpaired) electrons. The van der Waals surface area contributed by atoms with E-state index in [-0.39, 0.29) is 29.9 Å². The van der Waals surface area contributed by atoms with Crippen molar-refractivity contribution in [2.24, 2.45) is 0 Å². The molecule has 7 nitrogen and oxygen atoms in total. The van der Waals surface area contributed by atoms with Crippen molar-refractivity contribution in [1.29, 1.82) is 0 Å². The zero-order chi connectivity index (χ0) is 16.4. The molecule has 0 bridgehead atoms. The van der Waals surface area contributed by atoms with E-state index >= 15 is 0 Å². The molecular formula is C16H28N4O3. The summed E-state index contributed by atoms with van der Waals surface area (Å²) in [5.41, 5.74) is 0. The Balaban J connectivity index is 1.57. The number of nitrogens with one attached hydrogen (secondary N) is 1. The van der Waals surface area contributed by atoms with Crippen LogP contribution in [0.2, 0.25) is 0 Å². The predicted molar refractivity (Wildman–Crippen MR) is 86.0 cm³/mol. The third kappa shape index (κ3) is 3.51. The molecule has 3 saturated heterocycles. The smallest absolute Gasteiger partial charge is 0.239 e. The standard InChI is InChI=1S/C16H28N4O3/c1-18-6-5-13-15(18)16(22)17-11-12(19(13)2)3-4-14(21)20-7-9-23-10-8-20/h12-13,15H,3-11H2,1-2H3,(H,17,22)/t12-,13+,15-/m0/s1. The molecule has 3 rings (SSSR count). The van der Waals surface area contributed by atoms with Gasteiger partial charge in [-0.25, -0.2) is 0 Å². The minimum atomic E-state index is -0.0556. The van der Waals surface area contributed by atoms with Crippen LogP contribution in [0.3, 0.4) is 0 Å². The summed E-state index contributed by atoms with van der Waals surface area (Å²) in [5.74, 6) is 0.334. The molecule has 0 unspecified atom stereocenters. The normalized spacial score (nSPS) is 33.2. The number of amides is 2. The van der Waals surface area contributed by atoms with Gasteiger partial charge in [0.05, 0.1) is 13.2 Å². The number of likely N-dealkylation sites (tertiary alicyclic amines) is 1. The molecule has 3 aliphatic rings. The Morgan fingerprint density at radius 2 is 2.00 bits per heavy atom. The van der Waals surface area contributed by atoms with Gasteiger partial charge in [-0.1, -0.05) is 0 Å². The van der Waals surface area contributed by atoms with Crippen LogP contribution >= 0.6 is 0 Å². The van der Waals surface area contributed by atoms with Gasteiger partial charge in [-0.05, 0) is 26.9 Å². The van der Waals surface area contributed by atoms with Crippen LogP contribution in [0.4, 0.5) is 0 Å². The molecular weight excluding hydrogens is 296 g/mol. The highest BCUT2D eigenvalue weighted by Crippen LogP contribution is 2.26. The van der Waals surface area contributed by atoms with Crippen LogP contribution in [0, 0.1) is 0 Å². The number of likely N-dealkylation sites (N-methyl/N-ethyl adjacent to an activating group) is 2. The second kappa shape index (κ2) is 7.15. The number of carbonyl (C=O) groups excluding carboxylic acids is 2. The minimum Gasteiger partial charge on any atom is -0.378 e. The summed E-state index contributed by atoms with van der Waals surface area (Å²) in [7, 11) is 4.11. The van der Waals surface area contributed by atoms with Crippen LogP contribution in [0.25, 0.3) is 0 Å². The summed E-state index contributed by atoms with van der Waals surface area (Å²) in [6, 6.07) is 0.427. The number of hydrogen-bond donors (Lipinski definition) is 1. The van der Waals surface area contributed by atoms with Gasteiger partial charge in [0.25, 0.3) is 0 Å². The van der Waals surface area contributed by atoms with Gasteiger partial charge in [0, 0.05) is 44.7 Å². The molecule has 3 fully saturated rings. The molecule has 0 aliphatic carbocycles. The number of morpholine rings is 1. The van der Waals surface area contributed by atoms with E-state index in [1.54, 1.807) is 0 Å². The molecule has 130 valence electrons. The molecule has 3 heterocycles. The molecule has 3 aliphatic heterocycles. The average Bonchev–Trinajstić information content (AvgIpc) is 2.91. The van der Waals surface area contributed by atoms with E-state index in [1.165, 1.54) is 0 Å². The molecule has 0 aromatic carbocycles. The van der Waals surface area contributed by atoms with Gasteiger partial charge in [0.2, 0.25) is 11.8 Å². The molecule has 3 atom stereocenters. The fourth-order valence-corrected chi connectivity index (χ4v) is 4.03. The van der Waals surface area contributed by atoms with E-state index in [1.807, 2.05) is 11.9 Å². The van der Waals surface area contributed by atoms with Crippen LogP contribution in [-0.4, -0.2) is 98.1 Å². The SMILES string of the molecule is CN1CC[C@@H]2[C@H]1C(=O)NC[C@H](CCC(=O)N1CCOCC1)N2C. The lowest BCUT2D eigenvalue weighted by Crippen LogP contribution is -2.48. The van der Waals surface area contributed by atoms with Crippen molar-refractivity contribution in [3.63, 3.8) is 0 Å². The van der Waals surface area contributed by atoms with Crippen molar-refractivity contribution >= 4 is 11.8 Å². The van der Waals surface area contributed by atoms with Gasteiger partial charge in [0.15, 0.2) is 0 Å². The third-order valence-corrected chi connectivity index (χ3v) is 5.55. The maximum absolute atomic E-state index is 12.3. The number of rotatable bonds is 3. The van der Waals surface area contributed by atoms with Crippen LogP contribution in [-0.2, 0) is 14.3 Å². The first-order valence-corrected chi connectivity index (χ1v) is 8.63. The number of hydrogen-bond acceptors (Lipinski definition) is 5. The Kier molecular flexibility index (Phi) is 5.18.